The normalized spacial score (nSPS) is 41.7. The van der Waals surface area contributed by atoms with E-state index in [0.29, 0.717) is 5.41 Å². The summed E-state index contributed by atoms with van der Waals surface area (Å²) in [5, 5.41) is 3.33. The SMILES string of the molecule is CP.NCC12CNCC1C2. The molecule has 1 saturated carbocycles. The summed E-state index contributed by atoms with van der Waals surface area (Å²) in [4.78, 5) is 0. The van der Waals surface area contributed by atoms with Gasteiger partial charge in [0.05, 0.1) is 0 Å². The van der Waals surface area contributed by atoms with Crippen LogP contribution in [-0.2, 0) is 0 Å². The van der Waals surface area contributed by atoms with Gasteiger partial charge in [-0.15, -0.1) is 9.24 Å². The maximum Gasteiger partial charge on any atom is 0.00233 e. The lowest BCUT2D eigenvalue weighted by molar-refractivity contribution is 0.528. The number of nitrogens with one attached hydrogen (secondary N) is 1. The molecule has 3 heteroatoms. The summed E-state index contributed by atoms with van der Waals surface area (Å²) in [5.41, 5.74) is 6.14. The van der Waals surface area contributed by atoms with Crippen LogP contribution in [0.2, 0.25) is 0 Å². The zero-order valence-corrected chi connectivity index (χ0v) is 7.72. The van der Waals surface area contributed by atoms with E-state index < -0.39 is 0 Å². The Morgan fingerprint density at radius 3 is 2.60 bits per heavy atom. The molecule has 1 aliphatic carbocycles. The Balaban J connectivity index is 0.000000231. The molecule has 3 unspecified atom stereocenters. The minimum atomic E-state index is 0.569. The molecule has 0 bridgehead atoms. The van der Waals surface area contributed by atoms with E-state index in [-0.39, 0.29) is 0 Å². The Kier molecular flexibility index (Phi) is 2.67. The highest BCUT2D eigenvalue weighted by atomic mass is 31.0. The van der Waals surface area contributed by atoms with Crippen molar-refractivity contribution < 1.29 is 0 Å². The van der Waals surface area contributed by atoms with Crippen LogP contribution < -0.4 is 11.1 Å². The second-order valence-corrected chi connectivity index (χ2v) is 3.10. The van der Waals surface area contributed by atoms with Crippen LogP contribution in [0.4, 0.5) is 0 Å². The Bertz CT molecular complexity index is 114. The third-order valence-corrected chi connectivity index (χ3v) is 2.63. The molecule has 2 nitrogen and oxygen atoms in total. The average Bonchev–Trinajstić information content (AvgIpc) is 2.59. The van der Waals surface area contributed by atoms with Gasteiger partial charge in [-0.25, -0.2) is 0 Å². The molecule has 0 aromatic carbocycles. The van der Waals surface area contributed by atoms with Gasteiger partial charge in [0.25, 0.3) is 0 Å². The lowest BCUT2D eigenvalue weighted by Crippen LogP contribution is -2.23. The summed E-state index contributed by atoms with van der Waals surface area (Å²) in [6.07, 6.45) is 1.39. The van der Waals surface area contributed by atoms with Crippen LogP contribution in [0, 0.1) is 11.3 Å². The van der Waals surface area contributed by atoms with Crippen molar-refractivity contribution in [2.24, 2.45) is 17.1 Å². The molecule has 2 rings (SSSR count). The van der Waals surface area contributed by atoms with Gasteiger partial charge in [0, 0.05) is 6.54 Å². The van der Waals surface area contributed by atoms with Gasteiger partial charge in [-0.2, -0.15) is 0 Å². The van der Waals surface area contributed by atoms with E-state index in [2.05, 4.69) is 14.6 Å². The molecule has 0 spiro atoms. The van der Waals surface area contributed by atoms with Gasteiger partial charge in [0.1, 0.15) is 0 Å². The van der Waals surface area contributed by atoms with E-state index in [9.17, 15) is 0 Å². The Morgan fingerprint density at radius 2 is 2.40 bits per heavy atom. The fourth-order valence-electron chi connectivity index (χ4n) is 1.75. The van der Waals surface area contributed by atoms with Gasteiger partial charge >= 0.3 is 0 Å². The maximum absolute atomic E-state index is 5.57. The van der Waals surface area contributed by atoms with Crippen LogP contribution in [0.25, 0.3) is 0 Å². The Morgan fingerprint density at radius 1 is 1.70 bits per heavy atom. The third kappa shape index (κ3) is 1.20. The van der Waals surface area contributed by atoms with Crippen molar-refractivity contribution in [1.82, 2.24) is 5.32 Å². The molecule has 0 radical (unpaired) electrons. The molecular formula is C7H17N2P. The van der Waals surface area contributed by atoms with Gasteiger partial charge < -0.3 is 11.1 Å². The minimum Gasteiger partial charge on any atom is -0.330 e. The molecular weight excluding hydrogens is 143 g/mol. The number of hydrogen-bond donors (Lipinski definition) is 2. The first-order valence-corrected chi connectivity index (χ1v) is 5.01. The van der Waals surface area contributed by atoms with Gasteiger partial charge in [-0.05, 0) is 30.8 Å². The van der Waals surface area contributed by atoms with Crippen molar-refractivity contribution in [1.29, 1.82) is 0 Å². The van der Waals surface area contributed by atoms with Crippen LogP contribution in [0.5, 0.6) is 0 Å². The molecule has 10 heavy (non-hydrogen) atoms. The molecule has 2 fully saturated rings. The first-order valence-electron chi connectivity index (χ1n) is 3.86. The predicted octanol–water partition coefficient (Wildman–Crippen LogP) is 0.0459. The van der Waals surface area contributed by atoms with Crippen molar-refractivity contribution in [3.05, 3.63) is 0 Å². The largest absolute Gasteiger partial charge is 0.330 e. The van der Waals surface area contributed by atoms with Gasteiger partial charge in [-0.3, -0.25) is 0 Å². The molecule has 3 N–H and O–H groups in total. The molecule has 1 saturated heterocycles. The zero-order chi connectivity index (χ0) is 7.61. The summed E-state index contributed by atoms with van der Waals surface area (Å²) in [6.45, 7) is 5.20. The van der Waals surface area contributed by atoms with Gasteiger partial charge in [-0.1, -0.05) is 6.66 Å². The molecule has 3 atom stereocenters. The maximum atomic E-state index is 5.57. The van der Waals surface area contributed by atoms with E-state index in [4.69, 9.17) is 5.73 Å². The molecule has 60 valence electrons. The second kappa shape index (κ2) is 3.17. The molecule has 0 aromatic rings. The minimum absolute atomic E-state index is 0.569. The van der Waals surface area contributed by atoms with Gasteiger partial charge in [0.2, 0.25) is 0 Å². The lowest BCUT2D eigenvalue weighted by atomic mass is 10.1. The van der Waals surface area contributed by atoms with Gasteiger partial charge in [0.15, 0.2) is 0 Å². The summed E-state index contributed by atoms with van der Waals surface area (Å²) >= 11 is 0. The number of hydrogen-bond acceptors (Lipinski definition) is 2. The predicted molar refractivity (Wildman–Crippen MR) is 48.1 cm³/mol. The van der Waals surface area contributed by atoms with E-state index in [1.165, 1.54) is 19.5 Å². The van der Waals surface area contributed by atoms with Crippen molar-refractivity contribution >= 4 is 9.24 Å². The van der Waals surface area contributed by atoms with E-state index in [1.807, 2.05) is 6.66 Å². The van der Waals surface area contributed by atoms with Crippen LogP contribution in [-0.4, -0.2) is 26.3 Å². The van der Waals surface area contributed by atoms with Crippen LogP contribution in [0.3, 0.4) is 0 Å². The summed E-state index contributed by atoms with van der Waals surface area (Å²) in [5.74, 6) is 0.937. The highest BCUT2D eigenvalue weighted by molar-refractivity contribution is 7.15. The zero-order valence-electron chi connectivity index (χ0n) is 6.56. The quantitative estimate of drug-likeness (QED) is 0.532. The van der Waals surface area contributed by atoms with Crippen molar-refractivity contribution in [2.45, 2.75) is 6.42 Å². The molecule has 0 aromatic heterocycles. The molecule has 1 heterocycles. The number of rotatable bonds is 1. The average molecular weight is 160 g/mol. The smallest absolute Gasteiger partial charge is 0.00233 e. The van der Waals surface area contributed by atoms with E-state index >= 15 is 0 Å². The van der Waals surface area contributed by atoms with Crippen molar-refractivity contribution in [3.63, 3.8) is 0 Å². The Labute approximate surface area is 65.1 Å². The van der Waals surface area contributed by atoms with Crippen LogP contribution in [0.15, 0.2) is 0 Å². The fraction of sp³-hybridized carbons (Fsp3) is 1.00. The number of nitrogens with two attached hydrogens (primary N) is 1. The third-order valence-electron chi connectivity index (χ3n) is 2.63. The fourth-order valence-corrected chi connectivity index (χ4v) is 1.75. The highest BCUT2D eigenvalue weighted by Gasteiger charge is 2.55. The lowest BCUT2D eigenvalue weighted by Gasteiger charge is -2.04. The molecule has 0 amide bonds. The monoisotopic (exact) mass is 160 g/mol. The Hall–Kier alpha value is 0.350. The molecule has 2 aliphatic rings. The van der Waals surface area contributed by atoms with E-state index in [1.54, 1.807) is 0 Å². The standard InChI is InChI=1S/C6H12N2.CH5P/c7-3-6-1-5(6)2-8-4-6;1-2/h5,8H,1-4,7H2;2H2,1H3. The molecule has 1 aliphatic heterocycles. The first kappa shape index (κ1) is 8.45. The van der Waals surface area contributed by atoms with Crippen LogP contribution in [0.1, 0.15) is 6.42 Å². The number of piperidine rings is 1. The summed E-state index contributed by atoms with van der Waals surface area (Å²) in [6, 6.07) is 0. The van der Waals surface area contributed by atoms with Crippen molar-refractivity contribution in [2.75, 3.05) is 26.3 Å². The van der Waals surface area contributed by atoms with E-state index in [0.717, 1.165) is 12.5 Å². The highest BCUT2D eigenvalue weighted by Crippen LogP contribution is 2.53. The van der Waals surface area contributed by atoms with Crippen molar-refractivity contribution in [3.8, 4) is 0 Å². The first-order chi connectivity index (χ1) is 4.87. The summed E-state index contributed by atoms with van der Waals surface area (Å²) < 4.78 is 0. The second-order valence-electron chi connectivity index (χ2n) is 3.10. The summed E-state index contributed by atoms with van der Waals surface area (Å²) in [7, 11) is 2.42. The topological polar surface area (TPSA) is 38.0 Å². The van der Waals surface area contributed by atoms with Crippen LogP contribution >= 0.6 is 9.24 Å². The number of fused-ring (bicyclic) bond motifs is 1.